The van der Waals surface area contributed by atoms with Crippen molar-refractivity contribution in [3.05, 3.63) is 63.2 Å². The van der Waals surface area contributed by atoms with E-state index in [1.165, 1.54) is 17.4 Å². The van der Waals surface area contributed by atoms with Crippen molar-refractivity contribution in [2.75, 3.05) is 18.5 Å². The smallest absolute Gasteiger partial charge is 0.407 e. The second-order valence-electron chi connectivity index (χ2n) is 7.63. The van der Waals surface area contributed by atoms with Crippen LogP contribution in [-0.2, 0) is 28.9 Å². The van der Waals surface area contributed by atoms with Gasteiger partial charge >= 0.3 is 6.09 Å². The number of imidazole rings is 1. The number of amides is 2. The van der Waals surface area contributed by atoms with Gasteiger partial charge in [0, 0.05) is 36.4 Å². The molecule has 1 atom stereocenters. The molecule has 3 aromatic rings. The fourth-order valence-electron chi connectivity index (χ4n) is 3.65. The summed E-state index contributed by atoms with van der Waals surface area (Å²) < 4.78 is 7.27. The van der Waals surface area contributed by atoms with Gasteiger partial charge in [0.05, 0.1) is 18.5 Å². The van der Waals surface area contributed by atoms with E-state index in [1.807, 2.05) is 27.6 Å². The Hall–Kier alpha value is -3.42. The van der Waals surface area contributed by atoms with Gasteiger partial charge < -0.3 is 19.9 Å². The maximum absolute atomic E-state index is 12.3. The van der Waals surface area contributed by atoms with Crippen LogP contribution in [0.2, 0.25) is 0 Å². The molecule has 0 fully saturated rings. The lowest BCUT2D eigenvalue weighted by Crippen LogP contribution is -2.30. The van der Waals surface area contributed by atoms with Crippen LogP contribution in [0, 0.1) is 17.2 Å². The second-order valence-corrected chi connectivity index (χ2v) is 9.52. The number of fused-ring (bicyclic) bond motifs is 1. The summed E-state index contributed by atoms with van der Waals surface area (Å²) in [6.45, 7) is 1.41. The molecule has 170 valence electrons. The zero-order valence-corrected chi connectivity index (χ0v) is 19.5. The average Bonchev–Trinajstić information content (AvgIpc) is 3.57. The van der Waals surface area contributed by atoms with Crippen molar-refractivity contribution in [3.8, 4) is 6.07 Å². The molecule has 2 amide bonds. The largest absolute Gasteiger partial charge is 0.449 e. The summed E-state index contributed by atoms with van der Waals surface area (Å²) in [5.74, 6) is -0.0762. The summed E-state index contributed by atoms with van der Waals surface area (Å²) in [7, 11) is 0. The summed E-state index contributed by atoms with van der Waals surface area (Å²) in [4.78, 5) is 29.3. The van der Waals surface area contributed by atoms with Crippen LogP contribution in [0.3, 0.4) is 0 Å². The number of nitrogens with one attached hydrogen (secondary N) is 2. The van der Waals surface area contributed by atoms with Crippen molar-refractivity contribution in [3.63, 3.8) is 0 Å². The summed E-state index contributed by atoms with van der Waals surface area (Å²) in [6, 6.07) is 4.18. The Balaban J connectivity index is 1.28. The van der Waals surface area contributed by atoms with Gasteiger partial charge in [-0.2, -0.15) is 16.6 Å². The third-order valence-electron chi connectivity index (χ3n) is 5.33. The lowest BCUT2D eigenvalue weighted by molar-refractivity contribution is -0.111. The van der Waals surface area contributed by atoms with Crippen LogP contribution in [-0.4, -0.2) is 34.7 Å². The molecular formula is C23H23N5O3S2. The number of hydrogen-bond acceptors (Lipinski definition) is 7. The molecule has 1 aliphatic rings. The highest BCUT2D eigenvalue weighted by molar-refractivity contribution is 7.16. The minimum atomic E-state index is -0.435. The van der Waals surface area contributed by atoms with Gasteiger partial charge in [0.25, 0.3) is 0 Å². The van der Waals surface area contributed by atoms with Crippen molar-refractivity contribution in [2.24, 2.45) is 5.92 Å². The van der Waals surface area contributed by atoms with Crippen molar-refractivity contribution in [2.45, 2.75) is 25.8 Å². The minimum Gasteiger partial charge on any atom is -0.449 e. The molecule has 3 aromatic heterocycles. The van der Waals surface area contributed by atoms with E-state index in [2.05, 4.69) is 21.7 Å². The number of carbonyl (C=O) groups excluding carboxylic acids is 2. The standard InChI is InChI=1S/C23H23N5O3S2/c24-12-19-18-3-1-17(13-31-23(30)26-7-9-28-8-6-25-15-28)11-20(18)33-22(19)27-21(29)4-2-16-5-10-32-14-16/h2,4-6,8,10,14-15,17H,1,3,7,9,11,13H2,(H,26,30)(H,27,29)/b4-2+. The Labute approximate surface area is 199 Å². The summed E-state index contributed by atoms with van der Waals surface area (Å²) >= 11 is 3.00. The Morgan fingerprint density at radius 1 is 1.42 bits per heavy atom. The molecule has 8 nitrogen and oxygen atoms in total. The molecule has 0 bridgehead atoms. The number of aromatic nitrogens is 2. The topological polar surface area (TPSA) is 109 Å². The van der Waals surface area contributed by atoms with E-state index in [0.29, 0.717) is 30.3 Å². The number of nitriles is 1. The molecule has 2 N–H and O–H groups in total. The highest BCUT2D eigenvalue weighted by Gasteiger charge is 2.27. The van der Waals surface area contributed by atoms with E-state index in [0.717, 1.165) is 35.3 Å². The number of carbonyl (C=O) groups is 2. The Kier molecular flexibility index (Phi) is 7.55. The van der Waals surface area contributed by atoms with Crippen LogP contribution < -0.4 is 10.6 Å². The van der Waals surface area contributed by atoms with E-state index in [1.54, 1.807) is 29.9 Å². The molecule has 1 aliphatic carbocycles. The first-order valence-electron chi connectivity index (χ1n) is 10.5. The molecule has 0 aromatic carbocycles. The van der Waals surface area contributed by atoms with Crippen LogP contribution in [0.25, 0.3) is 6.08 Å². The number of anilines is 1. The number of hydrogen-bond donors (Lipinski definition) is 2. The third kappa shape index (κ3) is 6.09. The minimum absolute atomic E-state index is 0.184. The Morgan fingerprint density at radius 3 is 3.09 bits per heavy atom. The summed E-state index contributed by atoms with van der Waals surface area (Å²) in [6.07, 6.45) is 10.3. The SMILES string of the molecule is N#Cc1c(NC(=O)/C=C/c2ccsc2)sc2c1CCC(COC(=O)NCCn1ccnc1)C2. The predicted octanol–water partition coefficient (Wildman–Crippen LogP) is 4.06. The molecular weight excluding hydrogens is 458 g/mol. The van der Waals surface area contributed by atoms with Gasteiger partial charge in [0.1, 0.15) is 11.1 Å². The molecule has 0 spiro atoms. The maximum atomic E-state index is 12.3. The first kappa shape index (κ1) is 22.8. The van der Waals surface area contributed by atoms with Gasteiger partial charge in [-0.1, -0.05) is 0 Å². The molecule has 0 radical (unpaired) electrons. The fraction of sp³-hybridized carbons (Fsp3) is 0.304. The van der Waals surface area contributed by atoms with Crippen molar-refractivity contribution in [1.29, 1.82) is 5.26 Å². The van der Waals surface area contributed by atoms with E-state index >= 15 is 0 Å². The van der Waals surface area contributed by atoms with Crippen LogP contribution >= 0.6 is 22.7 Å². The molecule has 10 heteroatoms. The molecule has 0 saturated carbocycles. The normalized spacial score (nSPS) is 15.1. The van der Waals surface area contributed by atoms with Gasteiger partial charge in [0.2, 0.25) is 5.91 Å². The molecule has 33 heavy (non-hydrogen) atoms. The number of ether oxygens (including phenoxy) is 1. The van der Waals surface area contributed by atoms with Crippen LogP contribution in [0.1, 0.15) is 28.0 Å². The van der Waals surface area contributed by atoms with Gasteiger partial charge in [-0.05, 0) is 59.2 Å². The van der Waals surface area contributed by atoms with Gasteiger partial charge in [-0.3, -0.25) is 4.79 Å². The molecule has 0 aliphatic heterocycles. The molecule has 3 heterocycles. The summed E-state index contributed by atoms with van der Waals surface area (Å²) in [5.41, 5.74) is 2.51. The van der Waals surface area contributed by atoms with Crippen LogP contribution in [0.4, 0.5) is 9.80 Å². The lowest BCUT2D eigenvalue weighted by Gasteiger charge is -2.21. The fourth-order valence-corrected chi connectivity index (χ4v) is 5.59. The molecule has 1 unspecified atom stereocenters. The highest BCUT2D eigenvalue weighted by Crippen LogP contribution is 2.39. The molecule has 0 saturated heterocycles. The van der Waals surface area contributed by atoms with Crippen molar-refractivity contribution in [1.82, 2.24) is 14.9 Å². The highest BCUT2D eigenvalue weighted by atomic mass is 32.1. The number of thiophene rings is 2. The van der Waals surface area contributed by atoms with Crippen molar-refractivity contribution < 1.29 is 14.3 Å². The third-order valence-corrected chi connectivity index (χ3v) is 7.21. The number of rotatable bonds is 8. The van der Waals surface area contributed by atoms with E-state index in [4.69, 9.17) is 4.74 Å². The van der Waals surface area contributed by atoms with E-state index in [-0.39, 0.29) is 11.8 Å². The first-order chi connectivity index (χ1) is 16.1. The van der Waals surface area contributed by atoms with E-state index < -0.39 is 6.09 Å². The number of nitrogens with zero attached hydrogens (tertiary/aromatic N) is 3. The van der Waals surface area contributed by atoms with Gasteiger partial charge in [0.15, 0.2) is 0 Å². The quantitative estimate of drug-likeness (QED) is 0.472. The monoisotopic (exact) mass is 481 g/mol. The van der Waals surface area contributed by atoms with E-state index in [9.17, 15) is 14.9 Å². The van der Waals surface area contributed by atoms with Gasteiger partial charge in [-0.15, -0.1) is 11.3 Å². The van der Waals surface area contributed by atoms with Crippen LogP contribution in [0.5, 0.6) is 0 Å². The number of alkyl carbamates (subject to hydrolysis) is 1. The second kappa shape index (κ2) is 10.9. The Morgan fingerprint density at radius 2 is 2.33 bits per heavy atom. The zero-order valence-electron chi connectivity index (χ0n) is 17.8. The maximum Gasteiger partial charge on any atom is 0.407 e. The van der Waals surface area contributed by atoms with Crippen molar-refractivity contribution >= 4 is 45.8 Å². The van der Waals surface area contributed by atoms with Gasteiger partial charge in [-0.25, -0.2) is 9.78 Å². The summed E-state index contributed by atoms with van der Waals surface area (Å²) in [5, 5.41) is 19.7. The molecule has 4 rings (SSSR count). The predicted molar refractivity (Wildman–Crippen MR) is 128 cm³/mol. The first-order valence-corrected chi connectivity index (χ1v) is 12.3. The average molecular weight is 482 g/mol. The Bertz CT molecular complexity index is 1160. The lowest BCUT2D eigenvalue weighted by atomic mass is 9.88. The van der Waals surface area contributed by atoms with Crippen LogP contribution in [0.15, 0.2) is 41.6 Å². The zero-order chi connectivity index (χ0) is 23.0.